The molecule has 0 amide bonds. The summed E-state index contributed by atoms with van der Waals surface area (Å²) in [5, 5.41) is 8.70. The summed E-state index contributed by atoms with van der Waals surface area (Å²) in [5.74, 6) is 1.14. The average Bonchev–Trinajstić information content (AvgIpc) is 2.68. The fourth-order valence-corrected chi connectivity index (χ4v) is 2.40. The Morgan fingerprint density at radius 2 is 1.82 bits per heavy atom. The van der Waals surface area contributed by atoms with E-state index in [4.69, 9.17) is 19.3 Å². The van der Waals surface area contributed by atoms with E-state index in [9.17, 15) is 4.79 Å². The zero-order valence-electron chi connectivity index (χ0n) is 17.6. The molecule has 0 spiro atoms. The summed E-state index contributed by atoms with van der Waals surface area (Å²) in [6, 6.07) is 5.37. The number of ether oxygens (including phenoxy) is 3. The zero-order chi connectivity index (χ0) is 21.0. The lowest BCUT2D eigenvalue weighted by molar-refractivity contribution is -0.131. The van der Waals surface area contributed by atoms with Crippen LogP contribution in [0.25, 0.3) is 6.08 Å². The maximum absolute atomic E-state index is 10.6. The first-order valence-corrected chi connectivity index (χ1v) is 9.84. The van der Waals surface area contributed by atoms with E-state index in [0.717, 1.165) is 49.5 Å². The number of carbonyl (C=O) groups is 1. The van der Waals surface area contributed by atoms with Gasteiger partial charge in [0.05, 0.1) is 26.1 Å². The third-order valence-corrected chi connectivity index (χ3v) is 4.82. The molecule has 0 aliphatic heterocycles. The van der Waals surface area contributed by atoms with Crippen LogP contribution < -0.4 is 9.47 Å². The Bertz CT molecular complexity index is 661. The number of allylic oxidation sites excluding steroid dienone is 1. The molecule has 1 aromatic carbocycles. The van der Waals surface area contributed by atoms with Gasteiger partial charge in [-0.05, 0) is 55.9 Å². The van der Waals surface area contributed by atoms with Gasteiger partial charge >= 0.3 is 5.97 Å². The zero-order valence-corrected chi connectivity index (χ0v) is 17.6. The van der Waals surface area contributed by atoms with Crippen LogP contribution in [0.5, 0.6) is 11.5 Å². The number of benzene rings is 1. The highest BCUT2D eigenvalue weighted by Gasteiger charge is 2.20. The molecule has 0 bridgehead atoms. The van der Waals surface area contributed by atoms with E-state index in [1.54, 1.807) is 25.3 Å². The SMILES string of the molecule is C=C(OCCCCCCOc1ccc(/C=C/C(=O)O)cc1OC)C(C)(C)CC. The molecule has 0 saturated heterocycles. The van der Waals surface area contributed by atoms with Crippen molar-refractivity contribution in [2.45, 2.75) is 52.9 Å². The van der Waals surface area contributed by atoms with Crippen LogP contribution in [0.1, 0.15) is 58.4 Å². The van der Waals surface area contributed by atoms with Gasteiger partial charge in [-0.3, -0.25) is 0 Å². The van der Waals surface area contributed by atoms with E-state index in [-0.39, 0.29) is 5.41 Å². The van der Waals surface area contributed by atoms with E-state index >= 15 is 0 Å². The first-order chi connectivity index (χ1) is 13.3. The van der Waals surface area contributed by atoms with Crippen LogP contribution in [0, 0.1) is 5.41 Å². The summed E-state index contributed by atoms with van der Waals surface area (Å²) in [5.41, 5.74) is 0.783. The third-order valence-electron chi connectivity index (χ3n) is 4.82. The van der Waals surface area contributed by atoms with Crippen molar-refractivity contribution in [2.75, 3.05) is 20.3 Å². The molecule has 5 nitrogen and oxygen atoms in total. The van der Waals surface area contributed by atoms with E-state index in [0.29, 0.717) is 24.7 Å². The molecule has 0 atom stereocenters. The van der Waals surface area contributed by atoms with E-state index in [1.165, 1.54) is 6.08 Å². The van der Waals surface area contributed by atoms with E-state index in [1.807, 2.05) is 0 Å². The predicted molar refractivity (Wildman–Crippen MR) is 113 cm³/mol. The standard InChI is InChI=1S/C23H34O5/c1-6-23(3,4)18(2)27-15-9-7-8-10-16-28-20-13-11-19(12-14-22(24)25)17-21(20)26-5/h11-14,17H,2,6-10,15-16H2,1,3-5H3,(H,24,25)/b14-12+. The minimum absolute atomic E-state index is 0.0336. The lowest BCUT2D eigenvalue weighted by Crippen LogP contribution is -2.15. The van der Waals surface area contributed by atoms with Crippen LogP contribution in [0.2, 0.25) is 0 Å². The van der Waals surface area contributed by atoms with Crippen molar-refractivity contribution in [3.8, 4) is 11.5 Å². The Kier molecular flexibility index (Phi) is 10.2. The number of rotatable bonds is 14. The van der Waals surface area contributed by atoms with Gasteiger partial charge in [0, 0.05) is 11.5 Å². The van der Waals surface area contributed by atoms with Crippen molar-refractivity contribution >= 4 is 12.0 Å². The molecule has 0 heterocycles. The first kappa shape index (κ1) is 23.6. The quantitative estimate of drug-likeness (QED) is 0.251. The molecule has 1 aromatic rings. The normalized spacial score (nSPS) is 11.4. The molecule has 0 radical (unpaired) electrons. The maximum Gasteiger partial charge on any atom is 0.328 e. The van der Waals surface area contributed by atoms with Crippen LogP contribution in [0.4, 0.5) is 0 Å². The largest absolute Gasteiger partial charge is 0.498 e. The van der Waals surface area contributed by atoms with Gasteiger partial charge in [0.15, 0.2) is 11.5 Å². The van der Waals surface area contributed by atoms with Gasteiger partial charge in [-0.15, -0.1) is 0 Å². The second-order valence-electron chi connectivity index (χ2n) is 7.35. The number of hydrogen-bond donors (Lipinski definition) is 1. The molecule has 1 rings (SSSR count). The van der Waals surface area contributed by atoms with Crippen molar-refractivity contribution in [1.29, 1.82) is 0 Å². The number of methoxy groups -OCH3 is 1. The summed E-state index contributed by atoms with van der Waals surface area (Å²) in [6.07, 6.45) is 7.74. The Morgan fingerprint density at radius 3 is 2.43 bits per heavy atom. The van der Waals surface area contributed by atoms with Gasteiger partial charge in [0.2, 0.25) is 0 Å². The van der Waals surface area contributed by atoms with Crippen LogP contribution in [0.3, 0.4) is 0 Å². The average molecular weight is 391 g/mol. The first-order valence-electron chi connectivity index (χ1n) is 9.84. The summed E-state index contributed by atoms with van der Waals surface area (Å²) in [6.45, 7) is 11.8. The molecule has 0 saturated carbocycles. The maximum atomic E-state index is 10.6. The molecule has 0 unspecified atom stereocenters. The Balaban J connectivity index is 2.27. The van der Waals surface area contributed by atoms with Gasteiger partial charge in [-0.25, -0.2) is 4.79 Å². The van der Waals surface area contributed by atoms with Crippen LogP contribution in [0.15, 0.2) is 36.6 Å². The molecule has 0 aromatic heterocycles. The minimum Gasteiger partial charge on any atom is -0.498 e. The van der Waals surface area contributed by atoms with Gasteiger partial charge in [-0.1, -0.05) is 33.4 Å². The van der Waals surface area contributed by atoms with Gasteiger partial charge in [-0.2, -0.15) is 0 Å². The van der Waals surface area contributed by atoms with E-state index < -0.39 is 5.97 Å². The predicted octanol–water partition coefficient (Wildman–Crippen LogP) is 5.70. The smallest absolute Gasteiger partial charge is 0.328 e. The number of unbranched alkanes of at least 4 members (excludes halogenated alkanes) is 3. The third kappa shape index (κ3) is 8.51. The molecule has 28 heavy (non-hydrogen) atoms. The minimum atomic E-state index is -0.983. The van der Waals surface area contributed by atoms with E-state index in [2.05, 4.69) is 27.4 Å². The molecular weight excluding hydrogens is 356 g/mol. The van der Waals surface area contributed by atoms with Crippen molar-refractivity contribution in [3.05, 3.63) is 42.2 Å². The highest BCUT2D eigenvalue weighted by molar-refractivity contribution is 5.85. The number of hydrogen-bond acceptors (Lipinski definition) is 4. The highest BCUT2D eigenvalue weighted by Crippen LogP contribution is 2.30. The Labute approximate surface area is 169 Å². The second-order valence-corrected chi connectivity index (χ2v) is 7.35. The van der Waals surface area contributed by atoms with Crippen LogP contribution >= 0.6 is 0 Å². The molecule has 5 heteroatoms. The highest BCUT2D eigenvalue weighted by atomic mass is 16.5. The summed E-state index contributed by atoms with van der Waals surface area (Å²) in [7, 11) is 1.57. The molecule has 0 aliphatic carbocycles. The van der Waals surface area contributed by atoms with Crippen molar-refractivity contribution < 1.29 is 24.1 Å². The monoisotopic (exact) mass is 390 g/mol. The lowest BCUT2D eigenvalue weighted by Gasteiger charge is -2.25. The number of aliphatic carboxylic acids is 1. The molecule has 1 N–H and O–H groups in total. The summed E-state index contributed by atoms with van der Waals surface area (Å²) in [4.78, 5) is 10.6. The van der Waals surface area contributed by atoms with Crippen molar-refractivity contribution in [3.63, 3.8) is 0 Å². The number of carboxylic acids is 1. The fraction of sp³-hybridized carbons (Fsp3) is 0.522. The summed E-state index contributed by atoms with van der Waals surface area (Å²) < 4.78 is 16.9. The number of carboxylic acid groups (broad SMARTS) is 1. The Morgan fingerprint density at radius 1 is 1.14 bits per heavy atom. The summed E-state index contributed by atoms with van der Waals surface area (Å²) >= 11 is 0. The molecule has 0 aliphatic rings. The lowest BCUT2D eigenvalue weighted by atomic mass is 9.88. The van der Waals surface area contributed by atoms with Crippen LogP contribution in [-0.2, 0) is 9.53 Å². The van der Waals surface area contributed by atoms with Gasteiger partial charge < -0.3 is 19.3 Å². The van der Waals surface area contributed by atoms with Gasteiger partial charge in [0.25, 0.3) is 0 Å². The Hall–Kier alpha value is -2.43. The van der Waals surface area contributed by atoms with Crippen LogP contribution in [-0.4, -0.2) is 31.4 Å². The van der Waals surface area contributed by atoms with Gasteiger partial charge in [0.1, 0.15) is 0 Å². The molecule has 156 valence electrons. The second kappa shape index (κ2) is 12.1. The fourth-order valence-electron chi connectivity index (χ4n) is 2.40. The topological polar surface area (TPSA) is 65.0 Å². The van der Waals surface area contributed by atoms with Crippen molar-refractivity contribution in [1.82, 2.24) is 0 Å². The molecular formula is C23H34O5. The van der Waals surface area contributed by atoms with Crippen molar-refractivity contribution in [2.24, 2.45) is 5.41 Å². The molecule has 0 fully saturated rings.